The van der Waals surface area contributed by atoms with E-state index in [-0.39, 0.29) is 12.1 Å². The van der Waals surface area contributed by atoms with Crippen LogP contribution in [-0.4, -0.2) is 65.4 Å². The highest BCUT2D eigenvalue weighted by Crippen LogP contribution is 2.37. The summed E-state index contributed by atoms with van der Waals surface area (Å²) < 4.78 is 5.61. The summed E-state index contributed by atoms with van der Waals surface area (Å²) >= 11 is 0. The summed E-state index contributed by atoms with van der Waals surface area (Å²) in [6, 6.07) is 9.51. The first-order valence-electron chi connectivity index (χ1n) is 12.9. The van der Waals surface area contributed by atoms with E-state index in [1.165, 1.54) is 5.56 Å². The molecule has 2 aliphatic heterocycles. The molecule has 1 saturated heterocycles. The number of rotatable bonds is 5. The minimum Gasteiger partial charge on any atom is -0.378 e. The smallest absolute Gasteiger partial charge is 0.319 e. The van der Waals surface area contributed by atoms with E-state index in [2.05, 4.69) is 32.3 Å². The molecule has 37 heavy (non-hydrogen) atoms. The summed E-state index contributed by atoms with van der Waals surface area (Å²) in [4.78, 5) is 35.9. The largest absolute Gasteiger partial charge is 0.378 e. The van der Waals surface area contributed by atoms with Gasteiger partial charge in [0.1, 0.15) is 17.5 Å². The minimum atomic E-state index is -0.223. The van der Waals surface area contributed by atoms with Crippen molar-refractivity contribution < 1.29 is 9.53 Å². The van der Waals surface area contributed by atoms with Crippen LogP contribution in [0.2, 0.25) is 0 Å². The zero-order valence-electron chi connectivity index (χ0n) is 21.9. The maximum atomic E-state index is 11.9. The number of nitrogens with one attached hydrogen (secondary N) is 2. The van der Waals surface area contributed by atoms with Gasteiger partial charge in [0.25, 0.3) is 0 Å². The second-order valence-corrected chi connectivity index (χ2v) is 9.43. The highest BCUT2D eigenvalue weighted by Gasteiger charge is 2.32. The van der Waals surface area contributed by atoms with Gasteiger partial charge in [0.05, 0.1) is 24.9 Å². The van der Waals surface area contributed by atoms with E-state index in [9.17, 15) is 4.79 Å². The zero-order chi connectivity index (χ0) is 25.9. The molecule has 10 nitrogen and oxygen atoms in total. The van der Waals surface area contributed by atoms with Gasteiger partial charge in [-0.15, -0.1) is 0 Å². The Morgan fingerprint density at radius 2 is 1.81 bits per heavy atom. The van der Waals surface area contributed by atoms with E-state index in [0.29, 0.717) is 25.6 Å². The van der Waals surface area contributed by atoms with Crippen LogP contribution in [0.5, 0.6) is 0 Å². The SMILES string of the molecule is CCNC(=O)Nc1ccc(-c2nc3c(c(N4CCOCC4)n2)CCN(c2cc(C)nc(C)n2)C3C)cc1. The first-order chi connectivity index (χ1) is 17.9. The molecule has 1 atom stereocenters. The van der Waals surface area contributed by atoms with Crippen molar-refractivity contribution >= 4 is 23.4 Å². The second-order valence-electron chi connectivity index (χ2n) is 9.43. The molecule has 10 heteroatoms. The van der Waals surface area contributed by atoms with Crippen molar-refractivity contribution in [3.63, 3.8) is 0 Å². The van der Waals surface area contributed by atoms with Crippen LogP contribution >= 0.6 is 0 Å². The maximum Gasteiger partial charge on any atom is 0.319 e. The van der Waals surface area contributed by atoms with Crippen molar-refractivity contribution in [2.24, 2.45) is 0 Å². The Hall–Kier alpha value is -3.79. The number of aromatic nitrogens is 4. The van der Waals surface area contributed by atoms with E-state index < -0.39 is 0 Å². The van der Waals surface area contributed by atoms with Gasteiger partial charge in [-0.05, 0) is 58.4 Å². The number of benzene rings is 1. The summed E-state index contributed by atoms with van der Waals surface area (Å²) in [6.45, 7) is 12.4. The van der Waals surface area contributed by atoms with Crippen LogP contribution in [0.15, 0.2) is 30.3 Å². The number of urea groups is 1. The molecule has 0 saturated carbocycles. The molecule has 2 amide bonds. The lowest BCUT2D eigenvalue weighted by molar-refractivity contribution is 0.122. The molecule has 2 aliphatic rings. The van der Waals surface area contributed by atoms with Crippen LogP contribution in [0.4, 0.5) is 22.1 Å². The molecule has 194 valence electrons. The monoisotopic (exact) mass is 502 g/mol. The van der Waals surface area contributed by atoms with Gasteiger partial charge < -0.3 is 25.2 Å². The van der Waals surface area contributed by atoms with E-state index in [1.807, 2.05) is 51.1 Å². The molecule has 3 aromatic rings. The molecule has 0 aliphatic carbocycles. The van der Waals surface area contributed by atoms with Gasteiger partial charge in [0.15, 0.2) is 5.82 Å². The van der Waals surface area contributed by atoms with Gasteiger partial charge in [-0.2, -0.15) is 0 Å². The van der Waals surface area contributed by atoms with Crippen molar-refractivity contribution in [3.8, 4) is 11.4 Å². The van der Waals surface area contributed by atoms with Crippen molar-refractivity contribution in [2.75, 3.05) is 54.5 Å². The summed E-state index contributed by atoms with van der Waals surface area (Å²) in [5.41, 5.74) is 4.80. The number of amides is 2. The molecular formula is C27H34N8O2. The number of carbonyl (C=O) groups excluding carboxylic acids is 1. The number of fused-ring (bicyclic) bond motifs is 1. The van der Waals surface area contributed by atoms with E-state index in [4.69, 9.17) is 19.7 Å². The number of ether oxygens (including phenoxy) is 1. The fraction of sp³-hybridized carbons (Fsp3) is 0.444. The Morgan fingerprint density at radius 1 is 1.05 bits per heavy atom. The van der Waals surface area contributed by atoms with Crippen molar-refractivity contribution in [1.29, 1.82) is 0 Å². The predicted molar refractivity (Wildman–Crippen MR) is 144 cm³/mol. The van der Waals surface area contributed by atoms with Gasteiger partial charge in [-0.1, -0.05) is 0 Å². The average Bonchev–Trinajstić information content (AvgIpc) is 2.89. The number of nitrogens with zero attached hydrogens (tertiary/aromatic N) is 6. The third-order valence-corrected chi connectivity index (χ3v) is 6.78. The Bertz CT molecular complexity index is 1250. The van der Waals surface area contributed by atoms with Gasteiger partial charge in [0.2, 0.25) is 0 Å². The highest BCUT2D eigenvalue weighted by atomic mass is 16.5. The lowest BCUT2D eigenvalue weighted by atomic mass is 9.97. The van der Waals surface area contributed by atoms with E-state index in [1.54, 1.807) is 0 Å². The Morgan fingerprint density at radius 3 is 2.51 bits per heavy atom. The summed E-state index contributed by atoms with van der Waals surface area (Å²) in [5.74, 6) is 3.37. The topological polar surface area (TPSA) is 108 Å². The quantitative estimate of drug-likeness (QED) is 0.544. The van der Waals surface area contributed by atoms with Gasteiger partial charge in [0, 0.05) is 54.8 Å². The molecule has 5 rings (SSSR count). The molecule has 1 unspecified atom stereocenters. The molecular weight excluding hydrogens is 468 g/mol. The third-order valence-electron chi connectivity index (χ3n) is 6.78. The van der Waals surface area contributed by atoms with Crippen molar-refractivity contribution in [3.05, 3.63) is 53.1 Å². The maximum absolute atomic E-state index is 11.9. The number of anilines is 3. The molecule has 1 aromatic carbocycles. The molecule has 1 fully saturated rings. The summed E-state index contributed by atoms with van der Waals surface area (Å²) in [6.07, 6.45) is 0.837. The average molecular weight is 503 g/mol. The molecule has 0 spiro atoms. The van der Waals surface area contributed by atoms with Crippen LogP contribution in [0, 0.1) is 13.8 Å². The number of aryl methyl sites for hydroxylation is 2. The second kappa shape index (κ2) is 10.7. The molecule has 2 N–H and O–H groups in total. The molecule has 4 heterocycles. The predicted octanol–water partition coefficient (Wildman–Crippen LogP) is 3.65. The van der Waals surface area contributed by atoms with Crippen LogP contribution in [0.3, 0.4) is 0 Å². The fourth-order valence-corrected chi connectivity index (χ4v) is 5.01. The lowest BCUT2D eigenvalue weighted by Crippen LogP contribution is -2.40. The van der Waals surface area contributed by atoms with Crippen LogP contribution in [-0.2, 0) is 11.2 Å². The Labute approximate surface area is 217 Å². The normalized spacial score (nSPS) is 17.4. The summed E-state index contributed by atoms with van der Waals surface area (Å²) in [7, 11) is 0. The van der Waals surface area contributed by atoms with Crippen LogP contribution < -0.4 is 20.4 Å². The number of carbonyl (C=O) groups is 1. The first kappa shape index (κ1) is 24.9. The number of hydrogen-bond donors (Lipinski definition) is 2. The first-order valence-corrected chi connectivity index (χ1v) is 12.9. The summed E-state index contributed by atoms with van der Waals surface area (Å²) in [5, 5.41) is 5.59. The van der Waals surface area contributed by atoms with Gasteiger partial charge >= 0.3 is 6.03 Å². The van der Waals surface area contributed by atoms with Crippen LogP contribution in [0.25, 0.3) is 11.4 Å². The third kappa shape index (κ3) is 5.34. The Kier molecular flexibility index (Phi) is 7.18. The van der Waals surface area contributed by atoms with E-state index in [0.717, 1.165) is 66.2 Å². The van der Waals surface area contributed by atoms with E-state index >= 15 is 0 Å². The number of morpholine rings is 1. The van der Waals surface area contributed by atoms with Crippen molar-refractivity contribution in [2.45, 2.75) is 40.2 Å². The molecule has 0 bridgehead atoms. The fourth-order valence-electron chi connectivity index (χ4n) is 5.01. The highest BCUT2D eigenvalue weighted by molar-refractivity contribution is 5.89. The van der Waals surface area contributed by atoms with Crippen LogP contribution in [0.1, 0.15) is 42.7 Å². The standard InChI is InChI=1S/C27H34N8O2/c1-5-28-27(36)31-21-8-6-20(7-9-21)25-32-24-18(3)35(23-16-17(2)29-19(4)30-23)11-10-22(24)26(33-25)34-12-14-37-15-13-34/h6-9,16,18H,5,10-15H2,1-4H3,(H2,28,31,36). The van der Waals surface area contributed by atoms with Gasteiger partial charge in [-0.25, -0.2) is 24.7 Å². The van der Waals surface area contributed by atoms with Crippen molar-refractivity contribution in [1.82, 2.24) is 25.3 Å². The number of hydrogen-bond acceptors (Lipinski definition) is 8. The minimum absolute atomic E-state index is 0.0256. The molecule has 0 radical (unpaired) electrons. The zero-order valence-corrected chi connectivity index (χ0v) is 21.9. The molecule has 2 aromatic heterocycles. The van der Waals surface area contributed by atoms with Gasteiger partial charge in [-0.3, -0.25) is 0 Å². The Balaban J connectivity index is 1.52. The lowest BCUT2D eigenvalue weighted by Gasteiger charge is -2.38.